The number of nitrogens with zero attached hydrogens (tertiary/aromatic N) is 1. The number of hydrogen-bond donors (Lipinski definition) is 1. The van der Waals surface area contributed by atoms with Crippen LogP contribution >= 0.6 is 23.2 Å². The minimum Gasteiger partial charge on any atom is -0.352 e. The van der Waals surface area contributed by atoms with E-state index in [0.717, 1.165) is 5.56 Å². The molecule has 1 aliphatic heterocycles. The molecule has 8 heteroatoms. The highest BCUT2D eigenvalue weighted by molar-refractivity contribution is 7.88. The van der Waals surface area contributed by atoms with Gasteiger partial charge in [-0.25, -0.2) is 12.7 Å². The Morgan fingerprint density at radius 1 is 1.07 bits per heavy atom. The zero-order valence-corrected chi connectivity index (χ0v) is 17.6. The second-order valence-corrected chi connectivity index (χ2v) is 9.64. The first kappa shape index (κ1) is 21.1. The fourth-order valence-electron chi connectivity index (χ4n) is 3.28. The summed E-state index contributed by atoms with van der Waals surface area (Å²) in [5, 5.41) is 3.55. The van der Waals surface area contributed by atoms with Crippen LogP contribution in [0.25, 0.3) is 0 Å². The number of carbonyl (C=O) groups is 1. The van der Waals surface area contributed by atoms with Crippen LogP contribution in [0.3, 0.4) is 0 Å². The maximum atomic E-state index is 12.9. The van der Waals surface area contributed by atoms with Crippen LogP contribution in [0, 0.1) is 5.92 Å². The number of halogens is 2. The Balaban J connectivity index is 1.64. The zero-order valence-electron chi connectivity index (χ0n) is 15.3. The van der Waals surface area contributed by atoms with Gasteiger partial charge in [-0.05, 0) is 30.5 Å². The molecule has 1 saturated heterocycles. The van der Waals surface area contributed by atoms with Crippen molar-refractivity contribution in [2.45, 2.75) is 25.1 Å². The summed E-state index contributed by atoms with van der Waals surface area (Å²) in [6, 6.07) is 14.5. The van der Waals surface area contributed by atoms with Gasteiger partial charge in [0.2, 0.25) is 15.9 Å². The molecule has 5 nitrogen and oxygen atoms in total. The van der Waals surface area contributed by atoms with Gasteiger partial charge < -0.3 is 5.32 Å². The molecule has 0 bridgehead atoms. The number of amides is 1. The number of hydrogen-bond acceptors (Lipinski definition) is 3. The van der Waals surface area contributed by atoms with Crippen LogP contribution in [0.5, 0.6) is 0 Å². The highest BCUT2D eigenvalue weighted by atomic mass is 35.5. The van der Waals surface area contributed by atoms with Crippen molar-refractivity contribution in [1.82, 2.24) is 9.62 Å². The lowest BCUT2D eigenvalue weighted by Crippen LogP contribution is -2.45. The van der Waals surface area contributed by atoms with Crippen LogP contribution < -0.4 is 5.32 Å². The second kappa shape index (κ2) is 9.27. The minimum absolute atomic E-state index is 0.125. The number of nitrogens with one attached hydrogen (secondary N) is 1. The van der Waals surface area contributed by atoms with Gasteiger partial charge >= 0.3 is 0 Å². The topological polar surface area (TPSA) is 66.5 Å². The summed E-state index contributed by atoms with van der Waals surface area (Å²) in [5.41, 5.74) is 1.39. The second-order valence-electron chi connectivity index (χ2n) is 6.86. The van der Waals surface area contributed by atoms with Gasteiger partial charge in [-0.1, -0.05) is 59.6 Å². The Hall–Kier alpha value is -1.60. The van der Waals surface area contributed by atoms with Crippen molar-refractivity contribution in [3.63, 3.8) is 0 Å². The smallest absolute Gasteiger partial charge is 0.224 e. The van der Waals surface area contributed by atoms with Crippen molar-refractivity contribution < 1.29 is 13.2 Å². The molecule has 0 aliphatic carbocycles. The number of sulfonamides is 1. The third-order valence-electron chi connectivity index (χ3n) is 4.85. The third kappa shape index (κ3) is 5.26. The van der Waals surface area contributed by atoms with Crippen molar-refractivity contribution in [1.29, 1.82) is 0 Å². The van der Waals surface area contributed by atoms with Crippen LogP contribution in [-0.4, -0.2) is 31.7 Å². The monoisotopic (exact) mass is 440 g/mol. The predicted molar refractivity (Wildman–Crippen MR) is 112 cm³/mol. The van der Waals surface area contributed by atoms with Crippen molar-refractivity contribution in [2.24, 2.45) is 5.92 Å². The van der Waals surface area contributed by atoms with Crippen molar-refractivity contribution in [2.75, 3.05) is 13.1 Å². The lowest BCUT2D eigenvalue weighted by molar-refractivity contribution is -0.126. The molecule has 150 valence electrons. The van der Waals surface area contributed by atoms with E-state index in [1.54, 1.807) is 18.2 Å². The molecule has 28 heavy (non-hydrogen) atoms. The summed E-state index contributed by atoms with van der Waals surface area (Å²) in [7, 11) is -3.63. The molecule has 1 unspecified atom stereocenters. The highest BCUT2D eigenvalue weighted by Gasteiger charge is 2.33. The number of benzene rings is 2. The van der Waals surface area contributed by atoms with Crippen molar-refractivity contribution in [3.8, 4) is 0 Å². The van der Waals surface area contributed by atoms with Crippen LogP contribution in [0.4, 0.5) is 0 Å². The fourth-order valence-corrected chi connectivity index (χ4v) is 5.64. The summed E-state index contributed by atoms with van der Waals surface area (Å²) in [6.45, 7) is 0.996. The number of piperidine rings is 1. The Labute approximate surface area is 175 Å². The Morgan fingerprint density at radius 2 is 1.75 bits per heavy atom. The Kier molecular flexibility index (Phi) is 6.99. The van der Waals surface area contributed by atoms with Crippen LogP contribution in [-0.2, 0) is 27.1 Å². The average molecular weight is 441 g/mol. The van der Waals surface area contributed by atoms with E-state index in [1.165, 1.54) is 4.31 Å². The van der Waals surface area contributed by atoms with Crippen LogP contribution in [0.1, 0.15) is 24.0 Å². The fraction of sp³-hybridized carbons (Fsp3) is 0.350. The molecule has 1 N–H and O–H groups in total. The van der Waals surface area contributed by atoms with Gasteiger partial charge in [-0.3, -0.25) is 4.79 Å². The van der Waals surface area contributed by atoms with Gasteiger partial charge in [0.15, 0.2) is 0 Å². The van der Waals surface area contributed by atoms with Crippen LogP contribution in [0.2, 0.25) is 10.0 Å². The highest BCUT2D eigenvalue weighted by Crippen LogP contribution is 2.29. The lowest BCUT2D eigenvalue weighted by atomic mass is 9.99. The molecule has 0 spiro atoms. The first-order valence-electron chi connectivity index (χ1n) is 9.09. The molecular formula is C20H22Cl2N2O3S. The molecule has 1 heterocycles. The van der Waals surface area contributed by atoms with Crippen LogP contribution in [0.15, 0.2) is 48.5 Å². The van der Waals surface area contributed by atoms with Gasteiger partial charge in [-0.2, -0.15) is 0 Å². The number of rotatable bonds is 6. The average Bonchev–Trinajstić information content (AvgIpc) is 2.70. The quantitative estimate of drug-likeness (QED) is 0.741. The number of carbonyl (C=O) groups excluding carboxylic acids is 1. The third-order valence-corrected chi connectivity index (χ3v) is 7.33. The summed E-state index contributed by atoms with van der Waals surface area (Å²) in [6.07, 6.45) is 1.30. The molecule has 1 fully saturated rings. The van der Waals surface area contributed by atoms with Gasteiger partial charge in [-0.15, -0.1) is 0 Å². The van der Waals surface area contributed by atoms with E-state index >= 15 is 0 Å². The SMILES string of the molecule is O=C(NCc1ccccc1)C1CCCN(S(=O)(=O)Cc2c(Cl)cccc2Cl)C1. The normalized spacial score (nSPS) is 18.0. The lowest BCUT2D eigenvalue weighted by Gasteiger charge is -2.31. The first-order chi connectivity index (χ1) is 13.4. The molecule has 1 amide bonds. The predicted octanol–water partition coefficient (Wildman–Crippen LogP) is 3.85. The summed E-state index contributed by atoms with van der Waals surface area (Å²) >= 11 is 12.2. The van der Waals surface area contributed by atoms with E-state index < -0.39 is 10.0 Å². The van der Waals surface area contributed by atoms with E-state index in [-0.39, 0.29) is 24.1 Å². The van der Waals surface area contributed by atoms with E-state index in [2.05, 4.69) is 5.32 Å². The minimum atomic E-state index is -3.63. The molecule has 2 aromatic carbocycles. The van der Waals surface area contributed by atoms with Gasteiger partial charge in [0.25, 0.3) is 0 Å². The maximum absolute atomic E-state index is 12.9. The van der Waals surface area contributed by atoms with E-state index in [1.807, 2.05) is 30.3 Å². The largest absolute Gasteiger partial charge is 0.352 e. The molecule has 3 rings (SSSR count). The molecular weight excluding hydrogens is 419 g/mol. The van der Waals surface area contributed by atoms with E-state index in [0.29, 0.717) is 41.5 Å². The summed E-state index contributed by atoms with van der Waals surface area (Å²) < 4.78 is 27.1. The van der Waals surface area contributed by atoms with E-state index in [4.69, 9.17) is 23.2 Å². The molecule has 1 atom stereocenters. The Bertz CT molecular complexity index is 915. The molecule has 1 aliphatic rings. The van der Waals surface area contributed by atoms with Crippen molar-refractivity contribution in [3.05, 3.63) is 69.7 Å². The summed E-state index contributed by atoms with van der Waals surface area (Å²) in [4.78, 5) is 12.5. The maximum Gasteiger partial charge on any atom is 0.224 e. The molecule has 0 aromatic heterocycles. The molecule has 0 radical (unpaired) electrons. The summed E-state index contributed by atoms with van der Waals surface area (Å²) in [5.74, 6) is -0.766. The molecule has 2 aromatic rings. The van der Waals surface area contributed by atoms with Gasteiger partial charge in [0.1, 0.15) is 0 Å². The van der Waals surface area contributed by atoms with Gasteiger partial charge in [0.05, 0.1) is 11.7 Å². The zero-order chi connectivity index (χ0) is 20.1. The van der Waals surface area contributed by atoms with Gasteiger partial charge in [0, 0.05) is 35.2 Å². The Morgan fingerprint density at radius 3 is 2.43 bits per heavy atom. The van der Waals surface area contributed by atoms with Crippen molar-refractivity contribution >= 4 is 39.1 Å². The first-order valence-corrected chi connectivity index (χ1v) is 11.5. The van der Waals surface area contributed by atoms with E-state index in [9.17, 15) is 13.2 Å². The standard InChI is InChI=1S/C20H22Cl2N2O3S/c21-18-9-4-10-19(22)17(18)14-28(26,27)24-11-5-8-16(13-24)20(25)23-12-15-6-2-1-3-7-15/h1-4,6-7,9-10,16H,5,8,11-14H2,(H,23,25). The molecule has 0 saturated carbocycles.